The first-order valence-corrected chi connectivity index (χ1v) is 9.61. The Morgan fingerprint density at radius 2 is 1.88 bits per heavy atom. The van der Waals surface area contributed by atoms with Crippen LogP contribution in [0.1, 0.15) is 40.6 Å². The van der Waals surface area contributed by atoms with Gasteiger partial charge in [-0.3, -0.25) is 4.90 Å². The molecule has 0 radical (unpaired) electrons. The second-order valence-corrected chi connectivity index (χ2v) is 7.53. The van der Waals surface area contributed by atoms with Crippen LogP contribution in [0.3, 0.4) is 0 Å². The smallest absolute Gasteiger partial charge is 0.123 e. The molecule has 0 saturated heterocycles. The van der Waals surface area contributed by atoms with Gasteiger partial charge in [-0.2, -0.15) is 5.10 Å². The van der Waals surface area contributed by atoms with E-state index in [4.69, 9.17) is 10.1 Å². The van der Waals surface area contributed by atoms with E-state index < -0.39 is 0 Å². The molecular weight excluding hydrogens is 322 g/mol. The van der Waals surface area contributed by atoms with Gasteiger partial charge < -0.3 is 4.57 Å². The van der Waals surface area contributed by atoms with Gasteiger partial charge >= 0.3 is 0 Å². The summed E-state index contributed by atoms with van der Waals surface area (Å²) in [4.78, 5) is 7.26. The number of imidazole rings is 1. The average molecular weight is 347 g/mol. The molecule has 2 aromatic heterocycles. The highest BCUT2D eigenvalue weighted by Crippen LogP contribution is 2.29. The molecule has 134 valence electrons. The van der Waals surface area contributed by atoms with Gasteiger partial charge in [0, 0.05) is 31.0 Å². The van der Waals surface area contributed by atoms with Crippen LogP contribution in [0.25, 0.3) is 5.69 Å². The van der Waals surface area contributed by atoms with E-state index in [2.05, 4.69) is 58.3 Å². The summed E-state index contributed by atoms with van der Waals surface area (Å²) < 4.78 is 4.55. The number of para-hydroxylation sites is 1. The molecule has 3 heterocycles. The zero-order valence-electron chi connectivity index (χ0n) is 15.6. The molecule has 26 heavy (non-hydrogen) atoms. The van der Waals surface area contributed by atoms with Gasteiger partial charge in [0.1, 0.15) is 5.82 Å². The van der Waals surface area contributed by atoms with E-state index in [9.17, 15) is 0 Å². The summed E-state index contributed by atoms with van der Waals surface area (Å²) in [5.41, 5.74) is 7.81. The summed E-state index contributed by atoms with van der Waals surface area (Å²) in [6.07, 6.45) is 3.55. The van der Waals surface area contributed by atoms with Gasteiger partial charge in [-0.05, 0) is 50.8 Å². The predicted octanol–water partition coefficient (Wildman–Crippen LogP) is 3.19. The van der Waals surface area contributed by atoms with Gasteiger partial charge in [0.25, 0.3) is 0 Å². The van der Waals surface area contributed by atoms with Crippen LogP contribution in [-0.4, -0.2) is 30.8 Å². The molecule has 5 nitrogen and oxygen atoms in total. The van der Waals surface area contributed by atoms with Crippen molar-refractivity contribution in [3.63, 3.8) is 0 Å². The minimum absolute atomic E-state index is 0.918. The van der Waals surface area contributed by atoms with Gasteiger partial charge in [0.05, 0.1) is 23.6 Å². The van der Waals surface area contributed by atoms with Crippen molar-refractivity contribution in [3.8, 4) is 5.69 Å². The SMILES string of the molecule is Cc1nc2n(c1C)CCN(Cc1nn(-c3ccccc3)c3c1CCC3)C2. The van der Waals surface area contributed by atoms with Gasteiger partial charge in [0.15, 0.2) is 0 Å². The Morgan fingerprint density at radius 1 is 1.04 bits per heavy atom. The van der Waals surface area contributed by atoms with Crippen molar-refractivity contribution in [2.24, 2.45) is 0 Å². The molecule has 0 N–H and O–H groups in total. The maximum absolute atomic E-state index is 5.02. The third-order valence-electron chi connectivity index (χ3n) is 5.93. The molecule has 5 rings (SSSR count). The molecule has 0 bridgehead atoms. The van der Waals surface area contributed by atoms with Crippen LogP contribution in [0.2, 0.25) is 0 Å². The van der Waals surface area contributed by atoms with E-state index in [1.165, 1.54) is 40.6 Å². The van der Waals surface area contributed by atoms with E-state index in [1.54, 1.807) is 0 Å². The summed E-state index contributed by atoms with van der Waals surface area (Å²) in [6.45, 7) is 8.23. The fourth-order valence-corrected chi connectivity index (χ4v) is 4.43. The largest absolute Gasteiger partial charge is 0.330 e. The first-order chi connectivity index (χ1) is 12.7. The molecule has 0 atom stereocenters. The molecular formula is C21H25N5. The number of hydrogen-bond acceptors (Lipinski definition) is 3. The summed E-state index contributed by atoms with van der Waals surface area (Å²) in [7, 11) is 0. The topological polar surface area (TPSA) is 38.9 Å². The zero-order chi connectivity index (χ0) is 17.7. The second-order valence-electron chi connectivity index (χ2n) is 7.53. The van der Waals surface area contributed by atoms with Crippen LogP contribution in [-0.2, 0) is 32.5 Å². The lowest BCUT2D eigenvalue weighted by Crippen LogP contribution is -2.34. The maximum Gasteiger partial charge on any atom is 0.123 e. The summed E-state index contributed by atoms with van der Waals surface area (Å²) >= 11 is 0. The number of fused-ring (bicyclic) bond motifs is 2. The van der Waals surface area contributed by atoms with Gasteiger partial charge in [-0.25, -0.2) is 9.67 Å². The molecule has 0 fully saturated rings. The number of rotatable bonds is 3. The summed E-state index contributed by atoms with van der Waals surface area (Å²) in [6, 6.07) is 10.5. The monoisotopic (exact) mass is 347 g/mol. The lowest BCUT2D eigenvalue weighted by molar-refractivity contribution is 0.204. The van der Waals surface area contributed by atoms with Crippen LogP contribution in [0.4, 0.5) is 0 Å². The fourth-order valence-electron chi connectivity index (χ4n) is 4.43. The number of benzene rings is 1. The van der Waals surface area contributed by atoms with Crippen LogP contribution in [0, 0.1) is 13.8 Å². The molecule has 0 amide bonds. The highest BCUT2D eigenvalue weighted by atomic mass is 15.3. The first-order valence-electron chi connectivity index (χ1n) is 9.61. The number of aromatic nitrogens is 4. The van der Waals surface area contributed by atoms with Crippen LogP contribution < -0.4 is 0 Å². The predicted molar refractivity (Wildman–Crippen MR) is 101 cm³/mol. The van der Waals surface area contributed by atoms with E-state index in [-0.39, 0.29) is 0 Å². The van der Waals surface area contributed by atoms with E-state index in [0.29, 0.717) is 0 Å². The molecule has 0 spiro atoms. The first kappa shape index (κ1) is 15.8. The lowest BCUT2D eigenvalue weighted by Gasteiger charge is -2.27. The van der Waals surface area contributed by atoms with Crippen molar-refractivity contribution in [1.82, 2.24) is 24.2 Å². The Kier molecular flexibility index (Phi) is 3.71. The molecule has 1 aromatic carbocycles. The maximum atomic E-state index is 5.02. The minimum atomic E-state index is 0.918. The van der Waals surface area contributed by atoms with Gasteiger partial charge in [-0.15, -0.1) is 0 Å². The standard InChI is InChI=1S/C21H25N5/c1-15-16(2)25-12-11-24(14-21(25)22-15)13-19-18-9-6-10-20(18)26(23-19)17-7-4-3-5-8-17/h3-5,7-8H,6,9-14H2,1-2H3. The Balaban J connectivity index is 1.43. The molecule has 0 saturated carbocycles. The molecule has 1 aliphatic heterocycles. The lowest BCUT2D eigenvalue weighted by atomic mass is 10.2. The van der Waals surface area contributed by atoms with E-state index >= 15 is 0 Å². The normalized spacial score (nSPS) is 16.7. The highest BCUT2D eigenvalue weighted by molar-refractivity contribution is 5.39. The number of aryl methyl sites for hydroxylation is 1. The Labute approximate surface area is 154 Å². The molecule has 0 unspecified atom stereocenters. The number of hydrogen-bond donors (Lipinski definition) is 0. The van der Waals surface area contributed by atoms with Crippen LogP contribution in [0.15, 0.2) is 30.3 Å². The Hall–Kier alpha value is -2.40. The molecule has 2 aliphatic rings. The van der Waals surface area contributed by atoms with Crippen LogP contribution >= 0.6 is 0 Å². The molecule has 3 aromatic rings. The van der Waals surface area contributed by atoms with Gasteiger partial charge in [0.2, 0.25) is 0 Å². The summed E-state index contributed by atoms with van der Waals surface area (Å²) in [5.74, 6) is 1.20. The van der Waals surface area contributed by atoms with Crippen LogP contribution in [0.5, 0.6) is 0 Å². The minimum Gasteiger partial charge on any atom is -0.330 e. The van der Waals surface area contributed by atoms with Gasteiger partial charge in [-0.1, -0.05) is 18.2 Å². The van der Waals surface area contributed by atoms with Crippen molar-refractivity contribution in [3.05, 3.63) is 64.5 Å². The zero-order valence-corrected chi connectivity index (χ0v) is 15.6. The molecule has 1 aliphatic carbocycles. The van der Waals surface area contributed by atoms with Crippen molar-refractivity contribution in [2.75, 3.05) is 6.54 Å². The third kappa shape index (κ3) is 2.50. The van der Waals surface area contributed by atoms with E-state index in [0.717, 1.165) is 44.7 Å². The van der Waals surface area contributed by atoms with Crippen molar-refractivity contribution in [2.45, 2.75) is 52.7 Å². The van der Waals surface area contributed by atoms with Crippen molar-refractivity contribution in [1.29, 1.82) is 0 Å². The third-order valence-corrected chi connectivity index (χ3v) is 5.93. The second kappa shape index (κ2) is 6.09. The fraction of sp³-hybridized carbons (Fsp3) is 0.429. The Bertz CT molecular complexity index is 951. The highest BCUT2D eigenvalue weighted by Gasteiger charge is 2.26. The number of nitrogens with zero attached hydrogens (tertiary/aromatic N) is 5. The van der Waals surface area contributed by atoms with Crippen molar-refractivity contribution < 1.29 is 0 Å². The average Bonchev–Trinajstić information content (AvgIpc) is 3.32. The van der Waals surface area contributed by atoms with E-state index in [1.807, 2.05) is 0 Å². The quantitative estimate of drug-likeness (QED) is 0.730. The molecule has 5 heteroatoms. The Morgan fingerprint density at radius 3 is 2.73 bits per heavy atom. The summed E-state index contributed by atoms with van der Waals surface area (Å²) in [5, 5.41) is 5.02. The van der Waals surface area contributed by atoms with Crippen molar-refractivity contribution >= 4 is 0 Å².